The third-order valence-electron chi connectivity index (χ3n) is 2.60. The van der Waals surface area contributed by atoms with E-state index in [-0.39, 0.29) is 12.3 Å². The molecule has 0 aliphatic carbocycles. The number of benzene rings is 1. The van der Waals surface area contributed by atoms with Gasteiger partial charge in [-0.1, -0.05) is 30.3 Å². The summed E-state index contributed by atoms with van der Waals surface area (Å²) in [6.07, 6.45) is 0.835. The van der Waals surface area contributed by atoms with E-state index >= 15 is 0 Å². The lowest BCUT2D eigenvalue weighted by Gasteiger charge is -2.22. The molecule has 0 saturated heterocycles. The fraction of sp³-hybridized carbons (Fsp3) is 0.538. The molecule has 0 saturated carbocycles. The van der Waals surface area contributed by atoms with Crippen molar-refractivity contribution in [2.75, 3.05) is 20.8 Å². The number of ether oxygens (including phenoxy) is 2. The zero-order valence-corrected chi connectivity index (χ0v) is 10.3. The maximum atomic E-state index is 5.18. The quantitative estimate of drug-likeness (QED) is 0.715. The van der Waals surface area contributed by atoms with Crippen molar-refractivity contribution in [3.05, 3.63) is 35.9 Å². The van der Waals surface area contributed by atoms with Crippen molar-refractivity contribution in [1.82, 2.24) is 5.32 Å². The Morgan fingerprint density at radius 1 is 1.12 bits per heavy atom. The monoisotopic (exact) mass is 223 g/mol. The highest BCUT2D eigenvalue weighted by Gasteiger charge is 2.14. The first kappa shape index (κ1) is 13.2. The molecule has 0 fully saturated rings. The summed E-state index contributed by atoms with van der Waals surface area (Å²) in [5, 5.41) is 3.38. The first-order valence-electron chi connectivity index (χ1n) is 5.61. The van der Waals surface area contributed by atoms with E-state index in [9.17, 15) is 0 Å². The van der Waals surface area contributed by atoms with Crippen LogP contribution in [0.5, 0.6) is 0 Å². The van der Waals surface area contributed by atoms with E-state index in [1.165, 1.54) is 5.56 Å². The normalized spacial score (nSPS) is 13.0. The van der Waals surface area contributed by atoms with Gasteiger partial charge in [-0.05, 0) is 25.5 Å². The van der Waals surface area contributed by atoms with Crippen molar-refractivity contribution >= 4 is 0 Å². The minimum atomic E-state index is -0.184. The zero-order chi connectivity index (χ0) is 11.8. The lowest BCUT2D eigenvalue weighted by Crippen LogP contribution is -2.40. The molecule has 3 nitrogen and oxygen atoms in total. The molecule has 90 valence electrons. The molecule has 0 spiro atoms. The number of hydrogen-bond acceptors (Lipinski definition) is 3. The summed E-state index contributed by atoms with van der Waals surface area (Å²) in [6, 6.07) is 10.6. The molecule has 1 unspecified atom stereocenters. The summed E-state index contributed by atoms with van der Waals surface area (Å²) in [4.78, 5) is 0. The molecule has 1 atom stereocenters. The van der Waals surface area contributed by atoms with Crippen molar-refractivity contribution < 1.29 is 9.47 Å². The molecule has 16 heavy (non-hydrogen) atoms. The number of methoxy groups -OCH3 is 2. The van der Waals surface area contributed by atoms with Gasteiger partial charge in [0.2, 0.25) is 0 Å². The Labute approximate surface area is 97.8 Å². The van der Waals surface area contributed by atoms with Crippen molar-refractivity contribution in [2.45, 2.75) is 25.7 Å². The highest BCUT2D eigenvalue weighted by molar-refractivity contribution is 5.14. The lowest BCUT2D eigenvalue weighted by molar-refractivity contribution is -0.119. The number of hydrogen-bond donors (Lipinski definition) is 1. The average molecular weight is 223 g/mol. The van der Waals surface area contributed by atoms with Gasteiger partial charge in [-0.25, -0.2) is 0 Å². The van der Waals surface area contributed by atoms with Crippen LogP contribution in [0.3, 0.4) is 0 Å². The van der Waals surface area contributed by atoms with Gasteiger partial charge in [0.15, 0.2) is 6.29 Å². The van der Waals surface area contributed by atoms with Crippen molar-refractivity contribution in [2.24, 2.45) is 0 Å². The summed E-state index contributed by atoms with van der Waals surface area (Å²) >= 11 is 0. The highest BCUT2D eigenvalue weighted by atomic mass is 16.7. The molecule has 0 radical (unpaired) electrons. The van der Waals surface area contributed by atoms with E-state index in [0.29, 0.717) is 0 Å². The largest absolute Gasteiger partial charge is 0.354 e. The summed E-state index contributed by atoms with van der Waals surface area (Å²) in [5.41, 5.74) is 1.34. The van der Waals surface area contributed by atoms with Gasteiger partial charge in [-0.2, -0.15) is 0 Å². The topological polar surface area (TPSA) is 30.5 Å². The van der Waals surface area contributed by atoms with Gasteiger partial charge in [-0.15, -0.1) is 0 Å². The van der Waals surface area contributed by atoms with Crippen LogP contribution in [0, 0.1) is 0 Å². The Bertz CT molecular complexity index is 273. The number of rotatable bonds is 7. The summed E-state index contributed by atoms with van der Waals surface area (Å²) < 4.78 is 10.4. The van der Waals surface area contributed by atoms with E-state index in [4.69, 9.17) is 9.47 Å². The molecule has 1 aromatic rings. The van der Waals surface area contributed by atoms with Crippen LogP contribution in [0.1, 0.15) is 12.5 Å². The van der Waals surface area contributed by atoms with Crippen LogP contribution < -0.4 is 5.32 Å². The summed E-state index contributed by atoms with van der Waals surface area (Å²) in [6.45, 7) is 2.98. The smallest absolute Gasteiger partial charge is 0.171 e. The third-order valence-corrected chi connectivity index (χ3v) is 2.60. The summed E-state index contributed by atoms with van der Waals surface area (Å²) in [5.74, 6) is 0. The van der Waals surface area contributed by atoms with Crippen LogP contribution >= 0.6 is 0 Å². The molecule has 1 N–H and O–H groups in total. The maximum absolute atomic E-state index is 5.18. The fourth-order valence-electron chi connectivity index (χ4n) is 1.69. The van der Waals surface area contributed by atoms with Gasteiger partial charge in [0.05, 0.1) is 6.04 Å². The van der Waals surface area contributed by atoms with Crippen molar-refractivity contribution in [1.29, 1.82) is 0 Å². The van der Waals surface area contributed by atoms with Crippen LogP contribution in [0.2, 0.25) is 0 Å². The summed E-state index contributed by atoms with van der Waals surface area (Å²) in [7, 11) is 3.31. The average Bonchev–Trinajstić information content (AvgIpc) is 2.32. The lowest BCUT2D eigenvalue weighted by atomic mass is 10.1. The minimum Gasteiger partial charge on any atom is -0.354 e. The predicted octanol–water partition coefficient (Wildman–Crippen LogP) is 1.83. The van der Waals surface area contributed by atoms with Gasteiger partial charge >= 0.3 is 0 Å². The van der Waals surface area contributed by atoms with Crippen LogP contribution in [0.25, 0.3) is 0 Å². The molecule has 0 aliphatic heterocycles. The van der Waals surface area contributed by atoms with E-state index in [0.717, 1.165) is 13.0 Å². The second kappa shape index (κ2) is 7.39. The standard InChI is InChI=1S/C13H21NO2/c1-11(13(15-2)16-3)14-10-9-12-7-5-4-6-8-12/h4-8,11,13-14H,9-10H2,1-3H3. The SMILES string of the molecule is COC(OC)C(C)NCCc1ccccc1. The predicted molar refractivity (Wildman–Crippen MR) is 65.4 cm³/mol. The van der Waals surface area contributed by atoms with E-state index in [1.807, 2.05) is 6.07 Å². The molecule has 0 bridgehead atoms. The molecular weight excluding hydrogens is 202 g/mol. The maximum Gasteiger partial charge on any atom is 0.171 e. The molecule has 3 heteroatoms. The van der Waals surface area contributed by atoms with Crippen molar-refractivity contribution in [3.63, 3.8) is 0 Å². The molecule has 0 heterocycles. The van der Waals surface area contributed by atoms with Gasteiger partial charge in [-0.3, -0.25) is 0 Å². The molecule has 0 amide bonds. The van der Waals surface area contributed by atoms with Crippen LogP contribution in [0.4, 0.5) is 0 Å². The highest BCUT2D eigenvalue weighted by Crippen LogP contribution is 2.01. The van der Waals surface area contributed by atoms with Gasteiger partial charge in [0.25, 0.3) is 0 Å². The molecule has 0 aliphatic rings. The third kappa shape index (κ3) is 4.31. The molecule has 1 rings (SSSR count). The Morgan fingerprint density at radius 2 is 1.75 bits per heavy atom. The second-order valence-electron chi connectivity index (χ2n) is 3.82. The van der Waals surface area contributed by atoms with Crippen molar-refractivity contribution in [3.8, 4) is 0 Å². The van der Waals surface area contributed by atoms with Crippen LogP contribution in [-0.2, 0) is 15.9 Å². The molecular formula is C13H21NO2. The minimum absolute atomic E-state index is 0.184. The Balaban J connectivity index is 2.25. The first-order valence-corrected chi connectivity index (χ1v) is 5.61. The zero-order valence-electron chi connectivity index (χ0n) is 10.3. The van der Waals surface area contributed by atoms with Gasteiger partial charge in [0, 0.05) is 14.2 Å². The Morgan fingerprint density at radius 3 is 2.31 bits per heavy atom. The Hall–Kier alpha value is -0.900. The first-order chi connectivity index (χ1) is 7.77. The molecule has 0 aromatic heterocycles. The fourth-order valence-corrected chi connectivity index (χ4v) is 1.69. The van der Waals surface area contributed by atoms with E-state index < -0.39 is 0 Å². The Kier molecular flexibility index (Phi) is 6.08. The second-order valence-corrected chi connectivity index (χ2v) is 3.82. The number of nitrogens with one attached hydrogen (secondary N) is 1. The van der Waals surface area contributed by atoms with Gasteiger partial charge in [0.1, 0.15) is 0 Å². The van der Waals surface area contributed by atoms with Gasteiger partial charge < -0.3 is 14.8 Å². The van der Waals surface area contributed by atoms with E-state index in [1.54, 1.807) is 14.2 Å². The van der Waals surface area contributed by atoms with E-state index in [2.05, 4.69) is 36.5 Å². The molecule has 1 aromatic carbocycles. The van der Waals surface area contributed by atoms with Crippen LogP contribution in [0.15, 0.2) is 30.3 Å². The van der Waals surface area contributed by atoms with Crippen LogP contribution in [-0.4, -0.2) is 33.1 Å².